The minimum Gasteiger partial charge on any atom is -0.343 e. The van der Waals surface area contributed by atoms with Gasteiger partial charge in [0.05, 0.1) is 0 Å². The summed E-state index contributed by atoms with van der Waals surface area (Å²) < 4.78 is 0. The summed E-state index contributed by atoms with van der Waals surface area (Å²) in [7, 11) is 0. The van der Waals surface area contributed by atoms with E-state index in [4.69, 9.17) is 0 Å². The predicted molar refractivity (Wildman–Crippen MR) is 42.9 cm³/mol. The quantitative estimate of drug-likeness (QED) is 0.673. The molecule has 0 atom stereocenters. The SMILES string of the molecule is [CH2-]CC(C[CH2-])CC(C)C.[U+2]. The third kappa shape index (κ3) is 7.16. The Balaban J connectivity index is 0. The normalized spacial score (nSPS) is 10.2. The van der Waals surface area contributed by atoms with Crippen LogP contribution in [0.5, 0.6) is 0 Å². The molecular weight excluding hydrogens is 346 g/mol. The van der Waals surface area contributed by atoms with Gasteiger partial charge in [0.2, 0.25) is 0 Å². The molecule has 0 saturated carbocycles. The van der Waals surface area contributed by atoms with Gasteiger partial charge < -0.3 is 13.8 Å². The second-order valence-electron chi connectivity index (χ2n) is 3.07. The summed E-state index contributed by atoms with van der Waals surface area (Å²) in [5.41, 5.74) is 0. The molecule has 0 radical (unpaired) electrons. The van der Waals surface area contributed by atoms with Crippen molar-refractivity contribution >= 4 is 0 Å². The van der Waals surface area contributed by atoms with Crippen LogP contribution in [0.25, 0.3) is 0 Å². The van der Waals surface area contributed by atoms with Crippen molar-refractivity contribution in [2.24, 2.45) is 11.8 Å². The molecule has 0 nitrogen and oxygen atoms in total. The van der Waals surface area contributed by atoms with Gasteiger partial charge in [-0.2, -0.15) is 12.8 Å². The van der Waals surface area contributed by atoms with Crippen molar-refractivity contribution < 1.29 is 31.1 Å². The van der Waals surface area contributed by atoms with E-state index in [-0.39, 0.29) is 31.1 Å². The summed E-state index contributed by atoms with van der Waals surface area (Å²) in [6, 6.07) is 0. The Hall–Kier alpha value is 1.05. The summed E-state index contributed by atoms with van der Waals surface area (Å²) in [6.07, 6.45) is 3.37. The summed E-state index contributed by atoms with van der Waals surface area (Å²) in [5, 5.41) is 0. The molecule has 0 aromatic rings. The van der Waals surface area contributed by atoms with Crippen LogP contribution in [0.15, 0.2) is 0 Å². The Bertz CT molecular complexity index is 55.7. The van der Waals surface area contributed by atoms with E-state index in [9.17, 15) is 0 Å². The fourth-order valence-electron chi connectivity index (χ4n) is 1.05. The summed E-state index contributed by atoms with van der Waals surface area (Å²) in [6.45, 7) is 12.2. The molecule has 0 fully saturated rings. The van der Waals surface area contributed by atoms with Gasteiger partial charge in [-0.3, -0.25) is 0 Å². The molecule has 0 aliphatic rings. The maximum atomic E-state index is 3.87. The first-order chi connectivity index (χ1) is 4.20. The summed E-state index contributed by atoms with van der Waals surface area (Å²) in [5.74, 6) is 1.56. The largest absolute Gasteiger partial charge is 2.00 e. The average Bonchev–Trinajstić information content (AvgIpc) is 1.82. The summed E-state index contributed by atoms with van der Waals surface area (Å²) in [4.78, 5) is 0. The maximum Gasteiger partial charge on any atom is 2.00 e. The van der Waals surface area contributed by atoms with E-state index in [2.05, 4.69) is 27.7 Å². The van der Waals surface area contributed by atoms with Gasteiger partial charge in [0.15, 0.2) is 0 Å². The average molecular weight is 364 g/mol. The maximum absolute atomic E-state index is 3.87. The van der Waals surface area contributed by atoms with Crippen LogP contribution in [0.4, 0.5) is 0 Å². The molecule has 1 heteroatoms. The first-order valence-corrected chi connectivity index (χ1v) is 3.79. The van der Waals surface area contributed by atoms with E-state index in [0.717, 1.165) is 24.7 Å². The molecule has 0 aromatic carbocycles. The van der Waals surface area contributed by atoms with Crippen LogP contribution < -0.4 is 0 Å². The van der Waals surface area contributed by atoms with Gasteiger partial charge >= 0.3 is 31.1 Å². The van der Waals surface area contributed by atoms with Gasteiger partial charge in [-0.1, -0.05) is 26.2 Å². The Morgan fingerprint density at radius 2 is 1.50 bits per heavy atom. The van der Waals surface area contributed by atoms with Gasteiger partial charge in [0.1, 0.15) is 0 Å². The third-order valence-electron chi connectivity index (χ3n) is 1.62. The molecule has 0 aromatic heterocycles. The summed E-state index contributed by atoms with van der Waals surface area (Å²) >= 11 is 0. The topological polar surface area (TPSA) is 0 Å². The van der Waals surface area contributed by atoms with E-state index < -0.39 is 0 Å². The Morgan fingerprint density at radius 1 is 1.10 bits per heavy atom. The van der Waals surface area contributed by atoms with E-state index in [1.54, 1.807) is 0 Å². The molecule has 0 bridgehead atoms. The zero-order valence-electron chi connectivity index (χ0n) is 7.19. The molecule has 0 unspecified atom stereocenters. The van der Waals surface area contributed by atoms with Gasteiger partial charge in [0.25, 0.3) is 0 Å². The first-order valence-electron chi connectivity index (χ1n) is 3.79. The van der Waals surface area contributed by atoms with Crippen LogP contribution in [0.2, 0.25) is 0 Å². The predicted octanol–water partition coefficient (Wildman–Crippen LogP) is 3.10. The third-order valence-corrected chi connectivity index (χ3v) is 1.62. The van der Waals surface area contributed by atoms with Gasteiger partial charge in [-0.15, -0.1) is 0 Å². The van der Waals surface area contributed by atoms with E-state index in [1.807, 2.05) is 0 Å². The molecule has 0 spiro atoms. The van der Waals surface area contributed by atoms with Crippen molar-refractivity contribution in [2.75, 3.05) is 0 Å². The molecular formula is C9H18U. The molecule has 0 N–H and O–H groups in total. The fraction of sp³-hybridized carbons (Fsp3) is 0.778. The second kappa shape index (κ2) is 8.15. The molecule has 0 aliphatic carbocycles. The Kier molecular flexibility index (Phi) is 11.1. The van der Waals surface area contributed by atoms with Crippen molar-refractivity contribution in [3.63, 3.8) is 0 Å². The van der Waals surface area contributed by atoms with Crippen LogP contribution in [0.3, 0.4) is 0 Å². The standard InChI is InChI=1S/C9H18.U/c1-5-9(6-2)7-8(3)4;/h8-9H,1-2,5-7H2,3-4H3;/q-2;+2. The molecule has 0 amide bonds. The van der Waals surface area contributed by atoms with Crippen LogP contribution in [-0.2, 0) is 0 Å². The zero-order valence-corrected chi connectivity index (χ0v) is 11.4. The molecule has 10 heavy (non-hydrogen) atoms. The van der Waals surface area contributed by atoms with Gasteiger partial charge in [0, 0.05) is 0 Å². The monoisotopic (exact) mass is 364 g/mol. The van der Waals surface area contributed by atoms with E-state index >= 15 is 0 Å². The number of hydrogen-bond donors (Lipinski definition) is 0. The minimum atomic E-state index is 0. The van der Waals surface area contributed by atoms with Crippen molar-refractivity contribution in [1.82, 2.24) is 0 Å². The Morgan fingerprint density at radius 3 is 1.60 bits per heavy atom. The minimum absolute atomic E-state index is 0. The second-order valence-corrected chi connectivity index (χ2v) is 3.07. The fourth-order valence-corrected chi connectivity index (χ4v) is 1.05. The van der Waals surface area contributed by atoms with Crippen molar-refractivity contribution in [1.29, 1.82) is 0 Å². The van der Waals surface area contributed by atoms with Crippen LogP contribution in [0, 0.1) is 56.8 Å². The Labute approximate surface area is 89.5 Å². The van der Waals surface area contributed by atoms with Crippen LogP contribution >= 0.6 is 0 Å². The van der Waals surface area contributed by atoms with Gasteiger partial charge in [-0.05, 0) is 5.92 Å². The molecule has 0 saturated heterocycles. The number of rotatable bonds is 4. The van der Waals surface area contributed by atoms with Crippen LogP contribution in [0.1, 0.15) is 33.1 Å². The van der Waals surface area contributed by atoms with Crippen molar-refractivity contribution in [3.8, 4) is 0 Å². The van der Waals surface area contributed by atoms with E-state index in [0.29, 0.717) is 0 Å². The molecule has 58 valence electrons. The first kappa shape index (κ1) is 13.6. The zero-order chi connectivity index (χ0) is 7.28. The van der Waals surface area contributed by atoms with Gasteiger partial charge in [-0.25, -0.2) is 0 Å². The number of hydrogen-bond acceptors (Lipinski definition) is 0. The molecule has 0 aliphatic heterocycles. The molecule has 0 heterocycles. The van der Waals surface area contributed by atoms with E-state index in [1.165, 1.54) is 6.42 Å². The van der Waals surface area contributed by atoms with Crippen LogP contribution in [-0.4, -0.2) is 0 Å². The smallest absolute Gasteiger partial charge is 0.343 e. The van der Waals surface area contributed by atoms with Crippen molar-refractivity contribution in [3.05, 3.63) is 13.8 Å². The van der Waals surface area contributed by atoms with Crippen molar-refractivity contribution in [2.45, 2.75) is 33.1 Å². The molecule has 0 rings (SSSR count).